The minimum absolute atomic E-state index is 0.135. The number of aldehydes is 1. The Morgan fingerprint density at radius 3 is 2.83 bits per heavy atom. The topological polar surface area (TPSA) is 103 Å². The molecule has 0 saturated heterocycles. The van der Waals surface area contributed by atoms with Gasteiger partial charge < -0.3 is 15.8 Å². The number of nitrogen functional groups attached to an aromatic ring is 1. The lowest BCUT2D eigenvalue weighted by Gasteiger charge is -2.12. The molecule has 120 valence electrons. The van der Waals surface area contributed by atoms with Crippen molar-refractivity contribution in [3.05, 3.63) is 60.2 Å². The van der Waals surface area contributed by atoms with Crippen molar-refractivity contribution in [2.24, 2.45) is 0 Å². The number of ether oxygens (including phenoxy) is 1. The van der Waals surface area contributed by atoms with Crippen molar-refractivity contribution >= 4 is 23.6 Å². The van der Waals surface area contributed by atoms with Crippen molar-refractivity contribution in [3.63, 3.8) is 0 Å². The first-order valence-corrected chi connectivity index (χ1v) is 7.18. The first-order chi connectivity index (χ1) is 11.7. The van der Waals surface area contributed by atoms with E-state index in [9.17, 15) is 4.79 Å². The summed E-state index contributed by atoms with van der Waals surface area (Å²) >= 11 is 0. The van der Waals surface area contributed by atoms with Gasteiger partial charge in [0.05, 0.1) is 11.8 Å². The Balaban J connectivity index is 1.83. The third kappa shape index (κ3) is 3.30. The Labute approximate surface area is 138 Å². The predicted octanol–water partition coefficient (Wildman–Crippen LogP) is 3.11. The minimum Gasteiger partial charge on any atom is -0.455 e. The Morgan fingerprint density at radius 2 is 2.12 bits per heavy atom. The van der Waals surface area contributed by atoms with Crippen LogP contribution in [-0.2, 0) is 0 Å². The van der Waals surface area contributed by atoms with Gasteiger partial charge in [0.25, 0.3) is 0 Å². The van der Waals surface area contributed by atoms with Gasteiger partial charge in [-0.3, -0.25) is 9.78 Å². The Morgan fingerprint density at radius 1 is 1.25 bits per heavy atom. The van der Waals surface area contributed by atoms with Crippen LogP contribution in [0.1, 0.15) is 15.9 Å². The molecule has 0 unspecified atom stereocenters. The summed E-state index contributed by atoms with van der Waals surface area (Å²) < 4.78 is 5.79. The molecule has 3 rings (SSSR count). The second-order valence-corrected chi connectivity index (χ2v) is 5.04. The standard InChI is InChI=1S/C17H15N5O2/c1-11-7-12(22-17-14(9-23)16(18)20-10-21-17)4-5-15(11)24-13-3-2-6-19-8-13/h2-10H,1H3,(H3,18,20,21,22). The highest BCUT2D eigenvalue weighted by Gasteiger charge is 2.09. The van der Waals surface area contributed by atoms with Crippen molar-refractivity contribution < 1.29 is 9.53 Å². The Kier molecular flexibility index (Phi) is 4.33. The van der Waals surface area contributed by atoms with Gasteiger partial charge in [0.15, 0.2) is 6.29 Å². The number of carbonyl (C=O) groups is 1. The fourth-order valence-electron chi connectivity index (χ4n) is 2.14. The summed E-state index contributed by atoms with van der Waals surface area (Å²) in [7, 11) is 0. The van der Waals surface area contributed by atoms with Crippen LogP contribution in [0.25, 0.3) is 0 Å². The van der Waals surface area contributed by atoms with Gasteiger partial charge in [0.2, 0.25) is 0 Å². The molecule has 0 radical (unpaired) electrons. The van der Waals surface area contributed by atoms with Crippen LogP contribution in [0.3, 0.4) is 0 Å². The fraction of sp³-hybridized carbons (Fsp3) is 0.0588. The van der Waals surface area contributed by atoms with Crippen LogP contribution >= 0.6 is 0 Å². The highest BCUT2D eigenvalue weighted by atomic mass is 16.5. The number of nitrogens with two attached hydrogens (primary N) is 1. The number of benzene rings is 1. The van der Waals surface area contributed by atoms with Gasteiger partial charge in [0.1, 0.15) is 29.5 Å². The van der Waals surface area contributed by atoms with Gasteiger partial charge in [-0.1, -0.05) is 0 Å². The maximum atomic E-state index is 11.1. The predicted molar refractivity (Wildman–Crippen MR) is 90.6 cm³/mol. The van der Waals surface area contributed by atoms with Crippen LogP contribution < -0.4 is 15.8 Å². The summed E-state index contributed by atoms with van der Waals surface area (Å²) in [6.07, 6.45) is 5.26. The molecule has 7 heteroatoms. The van der Waals surface area contributed by atoms with E-state index < -0.39 is 0 Å². The normalized spacial score (nSPS) is 10.2. The number of anilines is 3. The SMILES string of the molecule is Cc1cc(Nc2ncnc(N)c2C=O)ccc1Oc1cccnc1. The van der Waals surface area contributed by atoms with Crippen LogP contribution in [0.15, 0.2) is 49.1 Å². The quantitative estimate of drug-likeness (QED) is 0.696. The molecule has 0 fully saturated rings. The molecule has 2 heterocycles. The molecule has 3 N–H and O–H groups in total. The van der Waals surface area contributed by atoms with Crippen LogP contribution in [0, 0.1) is 6.92 Å². The van der Waals surface area contributed by atoms with Crippen molar-refractivity contribution in [2.75, 3.05) is 11.1 Å². The molecule has 0 amide bonds. The zero-order valence-electron chi connectivity index (χ0n) is 12.9. The molecule has 2 aromatic heterocycles. The molecule has 0 saturated carbocycles. The monoisotopic (exact) mass is 321 g/mol. The number of aromatic nitrogens is 3. The maximum Gasteiger partial charge on any atom is 0.157 e. The van der Waals surface area contributed by atoms with E-state index in [1.807, 2.05) is 31.2 Å². The van der Waals surface area contributed by atoms with Crippen molar-refractivity contribution in [3.8, 4) is 11.5 Å². The molecule has 3 aromatic rings. The molecule has 24 heavy (non-hydrogen) atoms. The van der Waals surface area contributed by atoms with Crippen molar-refractivity contribution in [2.45, 2.75) is 6.92 Å². The van der Waals surface area contributed by atoms with Crippen molar-refractivity contribution in [1.29, 1.82) is 0 Å². The minimum atomic E-state index is 0.135. The molecule has 0 bridgehead atoms. The summed E-state index contributed by atoms with van der Waals surface area (Å²) in [5.74, 6) is 1.87. The van der Waals surface area contributed by atoms with E-state index in [1.54, 1.807) is 18.5 Å². The van der Waals surface area contributed by atoms with Gasteiger partial charge >= 0.3 is 0 Å². The molecule has 0 aliphatic heterocycles. The van der Waals surface area contributed by atoms with E-state index in [1.165, 1.54) is 6.33 Å². The van der Waals surface area contributed by atoms with Crippen LogP contribution in [0.5, 0.6) is 11.5 Å². The number of aryl methyl sites for hydroxylation is 1. The molecule has 0 aliphatic rings. The zero-order valence-corrected chi connectivity index (χ0v) is 12.9. The molecule has 0 aliphatic carbocycles. The number of rotatable bonds is 5. The number of nitrogens with zero attached hydrogens (tertiary/aromatic N) is 3. The van der Waals surface area contributed by atoms with Gasteiger partial charge in [-0.15, -0.1) is 0 Å². The maximum absolute atomic E-state index is 11.1. The second kappa shape index (κ2) is 6.74. The number of carbonyl (C=O) groups excluding carboxylic acids is 1. The molecular weight excluding hydrogens is 306 g/mol. The first-order valence-electron chi connectivity index (χ1n) is 7.18. The average Bonchev–Trinajstić information content (AvgIpc) is 2.58. The number of pyridine rings is 1. The van der Waals surface area contributed by atoms with Crippen LogP contribution in [-0.4, -0.2) is 21.2 Å². The lowest BCUT2D eigenvalue weighted by molar-refractivity contribution is 0.112. The van der Waals surface area contributed by atoms with Crippen LogP contribution in [0.4, 0.5) is 17.3 Å². The number of hydrogen-bond donors (Lipinski definition) is 2. The van der Waals surface area contributed by atoms with E-state index in [0.29, 0.717) is 23.6 Å². The van der Waals surface area contributed by atoms with E-state index in [-0.39, 0.29) is 11.4 Å². The number of hydrogen-bond acceptors (Lipinski definition) is 7. The highest BCUT2D eigenvalue weighted by Crippen LogP contribution is 2.28. The molecule has 7 nitrogen and oxygen atoms in total. The summed E-state index contributed by atoms with van der Waals surface area (Å²) in [4.78, 5) is 23.0. The lowest BCUT2D eigenvalue weighted by Crippen LogP contribution is -2.04. The van der Waals surface area contributed by atoms with Gasteiger partial charge in [0, 0.05) is 11.9 Å². The third-order valence-corrected chi connectivity index (χ3v) is 3.33. The second-order valence-electron chi connectivity index (χ2n) is 5.04. The summed E-state index contributed by atoms with van der Waals surface area (Å²) in [5, 5.41) is 3.07. The highest BCUT2D eigenvalue weighted by molar-refractivity contribution is 5.89. The number of nitrogens with one attached hydrogen (secondary N) is 1. The van der Waals surface area contributed by atoms with E-state index in [4.69, 9.17) is 10.5 Å². The van der Waals surface area contributed by atoms with Gasteiger partial charge in [-0.2, -0.15) is 0 Å². The van der Waals surface area contributed by atoms with Gasteiger partial charge in [-0.05, 0) is 42.8 Å². The first kappa shape index (κ1) is 15.4. The molecule has 1 aromatic carbocycles. The van der Waals surface area contributed by atoms with Gasteiger partial charge in [-0.25, -0.2) is 9.97 Å². The lowest BCUT2D eigenvalue weighted by atomic mass is 10.2. The Hall–Kier alpha value is -3.48. The molecule has 0 atom stereocenters. The smallest absolute Gasteiger partial charge is 0.157 e. The van der Waals surface area contributed by atoms with E-state index in [0.717, 1.165) is 11.3 Å². The fourth-order valence-corrected chi connectivity index (χ4v) is 2.14. The molecular formula is C17H15N5O2. The zero-order chi connectivity index (χ0) is 16.9. The summed E-state index contributed by atoms with van der Waals surface area (Å²) in [5.41, 5.74) is 7.58. The van der Waals surface area contributed by atoms with E-state index >= 15 is 0 Å². The van der Waals surface area contributed by atoms with E-state index in [2.05, 4.69) is 20.3 Å². The molecule has 0 spiro atoms. The Bertz CT molecular complexity index is 868. The van der Waals surface area contributed by atoms with Crippen molar-refractivity contribution in [1.82, 2.24) is 15.0 Å². The average molecular weight is 321 g/mol. The summed E-state index contributed by atoms with van der Waals surface area (Å²) in [6.45, 7) is 1.92. The largest absolute Gasteiger partial charge is 0.455 e. The third-order valence-electron chi connectivity index (χ3n) is 3.33. The summed E-state index contributed by atoms with van der Waals surface area (Å²) in [6, 6.07) is 9.18. The van der Waals surface area contributed by atoms with Crippen LogP contribution in [0.2, 0.25) is 0 Å².